The van der Waals surface area contributed by atoms with Crippen molar-refractivity contribution in [3.63, 3.8) is 0 Å². The Bertz CT molecular complexity index is 325. The molecule has 0 saturated heterocycles. The van der Waals surface area contributed by atoms with Crippen molar-refractivity contribution in [2.24, 2.45) is 0 Å². The number of aryl methyl sites for hydroxylation is 2. The third-order valence-corrected chi connectivity index (χ3v) is 3.08. The molecule has 6 heteroatoms. The Kier molecular flexibility index (Phi) is 4.66. The summed E-state index contributed by atoms with van der Waals surface area (Å²) in [5.41, 5.74) is 1.79. The van der Waals surface area contributed by atoms with Gasteiger partial charge in [0.1, 0.15) is 0 Å². The maximum absolute atomic E-state index is 11.9. The van der Waals surface area contributed by atoms with Crippen molar-refractivity contribution >= 4 is 15.9 Å². The summed E-state index contributed by atoms with van der Waals surface area (Å²) >= 11 is 3.40. The lowest BCUT2D eigenvalue weighted by atomic mass is 10.3. The summed E-state index contributed by atoms with van der Waals surface area (Å²) < 4.78 is 26.6. The monoisotopic (exact) mass is 281 g/mol. The summed E-state index contributed by atoms with van der Waals surface area (Å²) in [4.78, 5) is 0. The molecule has 1 aromatic rings. The third-order valence-electron chi connectivity index (χ3n) is 2.04. The van der Waals surface area contributed by atoms with Crippen LogP contribution in [-0.4, -0.2) is 22.8 Å². The Labute approximate surface area is 96.0 Å². The maximum atomic E-state index is 11.9. The highest BCUT2D eigenvalue weighted by molar-refractivity contribution is 9.10. The highest BCUT2D eigenvalue weighted by Crippen LogP contribution is 2.20. The molecule has 0 aliphatic rings. The number of nitrogens with zero attached hydrogens (tertiary/aromatic N) is 2. The summed E-state index contributed by atoms with van der Waals surface area (Å²) in [7, 11) is 0. The Morgan fingerprint density at radius 1 is 1.53 bits per heavy atom. The van der Waals surface area contributed by atoms with Crippen LogP contribution in [0.4, 0.5) is 8.78 Å². The van der Waals surface area contributed by atoms with E-state index in [2.05, 4.69) is 26.3 Å². The minimum absolute atomic E-state index is 0.291. The molecular weight excluding hydrogens is 268 g/mol. The quantitative estimate of drug-likeness (QED) is 0.898. The first-order valence-corrected chi connectivity index (χ1v) is 5.56. The third kappa shape index (κ3) is 3.24. The number of aromatic nitrogens is 2. The summed E-state index contributed by atoms with van der Waals surface area (Å²) in [6, 6.07) is 0. The molecule has 0 aliphatic heterocycles. The van der Waals surface area contributed by atoms with Crippen LogP contribution in [0.25, 0.3) is 0 Å². The van der Waals surface area contributed by atoms with Crippen LogP contribution >= 0.6 is 15.9 Å². The predicted octanol–water partition coefficient (Wildman–Crippen LogP) is 2.33. The minimum atomic E-state index is -2.32. The molecule has 0 atom stereocenters. The molecule has 1 N–H and O–H groups in total. The Morgan fingerprint density at radius 2 is 2.20 bits per heavy atom. The predicted molar refractivity (Wildman–Crippen MR) is 58.0 cm³/mol. The first kappa shape index (κ1) is 12.6. The van der Waals surface area contributed by atoms with Gasteiger partial charge in [0.05, 0.1) is 22.4 Å². The molecular formula is C9H14BrF2N3. The standard InChI is InChI=1S/C9H14BrF2N3/c1-3-15-7(4-13-5-8(11)12)9(10)6(2)14-15/h8,13H,3-5H2,1-2H3. The number of hydrogen-bond acceptors (Lipinski definition) is 2. The van der Waals surface area contributed by atoms with E-state index >= 15 is 0 Å². The molecule has 1 rings (SSSR count). The van der Waals surface area contributed by atoms with Crippen LogP contribution in [0.1, 0.15) is 18.3 Å². The van der Waals surface area contributed by atoms with Crippen LogP contribution in [0.15, 0.2) is 4.47 Å². The number of hydrogen-bond donors (Lipinski definition) is 1. The van der Waals surface area contributed by atoms with E-state index in [4.69, 9.17) is 0 Å². The van der Waals surface area contributed by atoms with E-state index in [1.165, 1.54) is 0 Å². The van der Waals surface area contributed by atoms with E-state index in [-0.39, 0.29) is 6.54 Å². The van der Waals surface area contributed by atoms with Crippen molar-refractivity contribution in [2.75, 3.05) is 6.54 Å². The Hall–Kier alpha value is -0.490. The normalized spacial score (nSPS) is 11.3. The van der Waals surface area contributed by atoms with E-state index in [0.717, 1.165) is 22.4 Å². The average Bonchev–Trinajstić information content (AvgIpc) is 2.44. The molecule has 0 aromatic carbocycles. The fraction of sp³-hybridized carbons (Fsp3) is 0.667. The van der Waals surface area contributed by atoms with Gasteiger partial charge in [0.2, 0.25) is 0 Å². The highest BCUT2D eigenvalue weighted by atomic mass is 79.9. The molecule has 15 heavy (non-hydrogen) atoms. The number of alkyl halides is 2. The smallest absolute Gasteiger partial charge is 0.250 e. The molecule has 3 nitrogen and oxygen atoms in total. The number of nitrogens with one attached hydrogen (secondary N) is 1. The minimum Gasteiger partial charge on any atom is -0.306 e. The molecule has 1 aromatic heterocycles. The van der Waals surface area contributed by atoms with Gasteiger partial charge in [0.15, 0.2) is 0 Å². The van der Waals surface area contributed by atoms with Crippen molar-refractivity contribution in [3.05, 3.63) is 15.9 Å². The molecule has 0 fully saturated rings. The second kappa shape index (κ2) is 5.55. The van der Waals surface area contributed by atoms with Gasteiger partial charge in [-0.25, -0.2) is 8.78 Å². The van der Waals surface area contributed by atoms with Gasteiger partial charge in [0.25, 0.3) is 6.43 Å². The van der Waals surface area contributed by atoms with Gasteiger partial charge in [-0.2, -0.15) is 5.10 Å². The largest absolute Gasteiger partial charge is 0.306 e. The molecule has 0 aliphatic carbocycles. The molecule has 1 heterocycles. The first-order valence-electron chi connectivity index (χ1n) is 4.76. The van der Waals surface area contributed by atoms with Crippen LogP contribution in [0.3, 0.4) is 0 Å². The zero-order valence-electron chi connectivity index (χ0n) is 8.73. The Balaban J connectivity index is 2.66. The SMILES string of the molecule is CCn1nc(C)c(Br)c1CNCC(F)F. The zero-order chi connectivity index (χ0) is 11.4. The molecule has 0 bridgehead atoms. The van der Waals surface area contributed by atoms with E-state index < -0.39 is 6.43 Å². The van der Waals surface area contributed by atoms with Gasteiger partial charge in [-0.1, -0.05) is 0 Å². The summed E-state index contributed by atoms with van der Waals surface area (Å²) in [6.07, 6.45) is -2.32. The molecule has 0 spiro atoms. The van der Waals surface area contributed by atoms with Crippen molar-refractivity contribution in [1.29, 1.82) is 0 Å². The van der Waals surface area contributed by atoms with Crippen LogP contribution in [0, 0.1) is 6.92 Å². The van der Waals surface area contributed by atoms with Gasteiger partial charge >= 0.3 is 0 Å². The van der Waals surface area contributed by atoms with Crippen LogP contribution < -0.4 is 5.32 Å². The van der Waals surface area contributed by atoms with Gasteiger partial charge < -0.3 is 5.32 Å². The fourth-order valence-corrected chi connectivity index (χ4v) is 1.76. The molecule has 0 radical (unpaired) electrons. The summed E-state index contributed by atoms with van der Waals surface area (Å²) in [5.74, 6) is 0. The number of halogens is 3. The fourth-order valence-electron chi connectivity index (χ4n) is 1.34. The van der Waals surface area contributed by atoms with Gasteiger partial charge in [0, 0.05) is 13.1 Å². The zero-order valence-corrected chi connectivity index (χ0v) is 10.3. The topological polar surface area (TPSA) is 29.9 Å². The summed E-state index contributed by atoms with van der Waals surface area (Å²) in [6.45, 7) is 4.69. The van der Waals surface area contributed by atoms with Gasteiger partial charge in [-0.05, 0) is 29.8 Å². The van der Waals surface area contributed by atoms with E-state index in [0.29, 0.717) is 6.54 Å². The highest BCUT2D eigenvalue weighted by Gasteiger charge is 2.12. The van der Waals surface area contributed by atoms with Crippen molar-refractivity contribution in [1.82, 2.24) is 15.1 Å². The lowest BCUT2D eigenvalue weighted by Gasteiger charge is -2.06. The van der Waals surface area contributed by atoms with Crippen LogP contribution in [-0.2, 0) is 13.1 Å². The Morgan fingerprint density at radius 3 is 2.73 bits per heavy atom. The average molecular weight is 282 g/mol. The molecule has 86 valence electrons. The van der Waals surface area contributed by atoms with Gasteiger partial charge in [-0.15, -0.1) is 0 Å². The van der Waals surface area contributed by atoms with E-state index in [1.54, 1.807) is 4.68 Å². The van der Waals surface area contributed by atoms with Crippen molar-refractivity contribution in [3.8, 4) is 0 Å². The van der Waals surface area contributed by atoms with Crippen LogP contribution in [0.5, 0.6) is 0 Å². The van der Waals surface area contributed by atoms with Gasteiger partial charge in [-0.3, -0.25) is 4.68 Å². The van der Waals surface area contributed by atoms with Crippen molar-refractivity contribution in [2.45, 2.75) is 33.4 Å². The van der Waals surface area contributed by atoms with Crippen molar-refractivity contribution < 1.29 is 8.78 Å². The first-order chi connectivity index (χ1) is 7.06. The van der Waals surface area contributed by atoms with Crippen LogP contribution in [0.2, 0.25) is 0 Å². The molecule has 0 amide bonds. The van der Waals surface area contributed by atoms with E-state index in [9.17, 15) is 8.78 Å². The maximum Gasteiger partial charge on any atom is 0.250 e. The second-order valence-electron chi connectivity index (χ2n) is 3.18. The van der Waals surface area contributed by atoms with E-state index in [1.807, 2.05) is 13.8 Å². The summed E-state index contributed by atoms with van der Waals surface area (Å²) in [5, 5.41) is 6.96. The molecule has 0 unspecified atom stereocenters. The lowest BCUT2D eigenvalue weighted by Crippen LogP contribution is -2.22. The lowest BCUT2D eigenvalue weighted by molar-refractivity contribution is 0.145. The molecule has 0 saturated carbocycles. The second-order valence-corrected chi connectivity index (χ2v) is 3.98. The number of rotatable bonds is 5.